The summed E-state index contributed by atoms with van der Waals surface area (Å²) in [4.78, 5) is 17.0. The van der Waals surface area contributed by atoms with E-state index in [0.29, 0.717) is 6.61 Å². The quantitative estimate of drug-likeness (QED) is 0.340. The van der Waals surface area contributed by atoms with E-state index >= 15 is 0 Å². The highest BCUT2D eigenvalue weighted by Gasteiger charge is 2.30. The van der Waals surface area contributed by atoms with Gasteiger partial charge in [0.15, 0.2) is 0 Å². The first kappa shape index (κ1) is 25.8. The van der Waals surface area contributed by atoms with Gasteiger partial charge in [0.05, 0.1) is 37.9 Å². The molecule has 0 amide bonds. The number of rotatable bonds is 12. The maximum atomic E-state index is 12.6. The Labute approximate surface area is 201 Å². The minimum absolute atomic E-state index is 0.241. The van der Waals surface area contributed by atoms with Crippen LogP contribution in [0.15, 0.2) is 24.4 Å². The van der Waals surface area contributed by atoms with Gasteiger partial charge in [-0.1, -0.05) is 0 Å². The molecule has 9 heteroatoms. The predicted octanol–water partition coefficient (Wildman–Crippen LogP) is 3.08. The maximum absolute atomic E-state index is 12.6. The lowest BCUT2D eigenvalue weighted by molar-refractivity contribution is -0.156. The molecule has 1 saturated heterocycles. The third-order valence-electron chi connectivity index (χ3n) is 5.74. The number of esters is 1. The first-order valence-electron chi connectivity index (χ1n) is 11.4. The summed E-state index contributed by atoms with van der Waals surface area (Å²) in [6.07, 6.45) is 3.04. The fourth-order valence-corrected chi connectivity index (χ4v) is 4.42. The molecule has 1 aromatic heterocycles. The molecule has 0 N–H and O–H groups in total. The second-order valence-corrected chi connectivity index (χ2v) is 10.0. The van der Waals surface area contributed by atoms with E-state index in [1.165, 1.54) is 23.2 Å². The van der Waals surface area contributed by atoms with Crippen molar-refractivity contribution in [2.75, 3.05) is 73.8 Å². The van der Waals surface area contributed by atoms with Crippen LogP contribution in [-0.2, 0) is 24.9 Å². The Hall–Kier alpha value is -1.78. The normalized spacial score (nSPS) is 15.3. The Bertz CT molecular complexity index is 909. The molecule has 2 aromatic rings. The van der Waals surface area contributed by atoms with Crippen molar-refractivity contribution in [3.63, 3.8) is 0 Å². The Balaban J connectivity index is 1.56. The molecule has 1 fully saturated rings. The standard InChI is InChI=1S/C24H37N3O5S/c1-24(2,23(28)31-15-12-26-10-13-30-14-11-26)18-32-33-27-17-19(8-9-25(3)4)21-7-6-20(29-5)16-22(21)27/h6-7,16-17H,8-15,18H2,1-5H3. The molecule has 0 atom stereocenters. The van der Waals surface area contributed by atoms with Crippen LogP contribution in [0, 0.1) is 5.41 Å². The average Bonchev–Trinajstić information content (AvgIpc) is 3.15. The summed E-state index contributed by atoms with van der Waals surface area (Å²) < 4.78 is 24.2. The van der Waals surface area contributed by atoms with Crippen LogP contribution in [0.5, 0.6) is 5.75 Å². The van der Waals surface area contributed by atoms with Gasteiger partial charge in [-0.3, -0.25) is 17.8 Å². The van der Waals surface area contributed by atoms with Crippen molar-refractivity contribution in [3.05, 3.63) is 30.0 Å². The van der Waals surface area contributed by atoms with Gasteiger partial charge in [-0.05, 0) is 52.1 Å². The minimum atomic E-state index is -0.744. The van der Waals surface area contributed by atoms with E-state index in [9.17, 15) is 4.79 Å². The third kappa shape index (κ3) is 7.35. The molecule has 0 aliphatic carbocycles. The van der Waals surface area contributed by atoms with Crippen molar-refractivity contribution >= 4 is 29.1 Å². The minimum Gasteiger partial charge on any atom is -0.497 e. The number of morpholine rings is 1. The van der Waals surface area contributed by atoms with Gasteiger partial charge in [0.2, 0.25) is 0 Å². The van der Waals surface area contributed by atoms with E-state index in [-0.39, 0.29) is 12.6 Å². The van der Waals surface area contributed by atoms with E-state index in [1.54, 1.807) is 7.11 Å². The van der Waals surface area contributed by atoms with Crippen LogP contribution in [0.2, 0.25) is 0 Å². The smallest absolute Gasteiger partial charge is 0.313 e. The fraction of sp³-hybridized carbons (Fsp3) is 0.625. The highest BCUT2D eigenvalue weighted by molar-refractivity contribution is 7.93. The molecular weight excluding hydrogens is 442 g/mol. The zero-order valence-corrected chi connectivity index (χ0v) is 21.3. The average molecular weight is 480 g/mol. The zero-order valence-electron chi connectivity index (χ0n) is 20.5. The Morgan fingerprint density at radius 1 is 1.24 bits per heavy atom. The summed E-state index contributed by atoms with van der Waals surface area (Å²) >= 11 is 1.23. The Morgan fingerprint density at radius 3 is 2.70 bits per heavy atom. The summed E-state index contributed by atoms with van der Waals surface area (Å²) in [7, 11) is 5.81. The van der Waals surface area contributed by atoms with Gasteiger partial charge in [0.1, 0.15) is 24.6 Å². The van der Waals surface area contributed by atoms with E-state index in [2.05, 4.69) is 36.2 Å². The third-order valence-corrected chi connectivity index (χ3v) is 6.43. The summed E-state index contributed by atoms with van der Waals surface area (Å²) in [5, 5.41) is 1.18. The summed E-state index contributed by atoms with van der Waals surface area (Å²) in [6.45, 7) is 9.25. The van der Waals surface area contributed by atoms with Crippen molar-refractivity contribution in [2.24, 2.45) is 5.41 Å². The molecular formula is C24H37N3O5S. The lowest BCUT2D eigenvalue weighted by Crippen LogP contribution is -2.39. The number of carbonyl (C=O) groups excluding carboxylic acids is 1. The summed E-state index contributed by atoms with van der Waals surface area (Å²) in [5.74, 6) is 0.549. The molecule has 1 aromatic carbocycles. The molecule has 3 rings (SSSR count). The van der Waals surface area contributed by atoms with E-state index in [4.69, 9.17) is 18.4 Å². The topological polar surface area (TPSA) is 65.4 Å². The highest BCUT2D eigenvalue weighted by atomic mass is 32.2. The Kier molecular flexibility index (Phi) is 9.46. The molecule has 0 bridgehead atoms. The van der Waals surface area contributed by atoms with E-state index in [0.717, 1.165) is 57.1 Å². The Morgan fingerprint density at radius 2 is 2.00 bits per heavy atom. The largest absolute Gasteiger partial charge is 0.497 e. The number of methoxy groups -OCH3 is 1. The van der Waals surface area contributed by atoms with E-state index < -0.39 is 5.41 Å². The van der Waals surface area contributed by atoms with Crippen LogP contribution >= 0.6 is 12.2 Å². The van der Waals surface area contributed by atoms with Gasteiger partial charge in [0.25, 0.3) is 0 Å². The monoisotopic (exact) mass is 479 g/mol. The zero-order chi connectivity index (χ0) is 23.8. The van der Waals surface area contributed by atoms with Crippen LogP contribution < -0.4 is 4.74 Å². The number of fused-ring (bicyclic) bond motifs is 1. The van der Waals surface area contributed by atoms with Crippen molar-refractivity contribution in [1.29, 1.82) is 0 Å². The molecule has 2 heterocycles. The number of nitrogens with zero attached hydrogens (tertiary/aromatic N) is 3. The molecule has 1 aliphatic rings. The fourth-order valence-electron chi connectivity index (χ4n) is 3.55. The lowest BCUT2D eigenvalue weighted by atomic mass is 9.95. The predicted molar refractivity (Wildman–Crippen MR) is 132 cm³/mol. The second kappa shape index (κ2) is 12.1. The maximum Gasteiger partial charge on any atom is 0.313 e. The van der Waals surface area contributed by atoms with Gasteiger partial charge >= 0.3 is 5.97 Å². The molecule has 0 spiro atoms. The van der Waals surface area contributed by atoms with Crippen LogP contribution in [0.25, 0.3) is 10.9 Å². The molecule has 8 nitrogen and oxygen atoms in total. The van der Waals surface area contributed by atoms with Crippen LogP contribution in [-0.4, -0.2) is 93.6 Å². The SMILES string of the molecule is COc1ccc2c(CCN(C)C)cn(SOCC(C)(C)C(=O)OCCN3CCOCC3)c2c1. The van der Waals surface area contributed by atoms with Crippen LogP contribution in [0.4, 0.5) is 0 Å². The van der Waals surface area contributed by atoms with Crippen molar-refractivity contribution in [3.8, 4) is 5.75 Å². The van der Waals surface area contributed by atoms with Gasteiger partial charge < -0.3 is 19.1 Å². The van der Waals surface area contributed by atoms with Gasteiger partial charge in [-0.25, -0.2) is 0 Å². The lowest BCUT2D eigenvalue weighted by Gasteiger charge is -2.27. The van der Waals surface area contributed by atoms with Crippen molar-refractivity contribution in [2.45, 2.75) is 20.3 Å². The molecule has 0 unspecified atom stereocenters. The van der Waals surface area contributed by atoms with E-state index in [1.807, 2.05) is 30.0 Å². The molecule has 0 saturated carbocycles. The highest BCUT2D eigenvalue weighted by Crippen LogP contribution is 2.31. The summed E-state index contributed by atoms with van der Waals surface area (Å²) in [5.41, 5.74) is 1.53. The number of likely N-dealkylation sites (N-methyl/N-ethyl adjacent to an activating group) is 1. The first-order chi connectivity index (χ1) is 15.8. The molecule has 0 radical (unpaired) electrons. The van der Waals surface area contributed by atoms with Crippen LogP contribution in [0.3, 0.4) is 0 Å². The number of ether oxygens (including phenoxy) is 3. The van der Waals surface area contributed by atoms with Crippen molar-refractivity contribution < 1.29 is 23.2 Å². The summed E-state index contributed by atoms with van der Waals surface area (Å²) in [6, 6.07) is 6.08. The van der Waals surface area contributed by atoms with Crippen LogP contribution in [0.1, 0.15) is 19.4 Å². The number of hydrogen-bond donors (Lipinski definition) is 0. The number of benzene rings is 1. The van der Waals surface area contributed by atoms with Crippen molar-refractivity contribution in [1.82, 2.24) is 13.8 Å². The molecule has 184 valence electrons. The van der Waals surface area contributed by atoms with Gasteiger partial charge in [0, 0.05) is 43.8 Å². The molecule has 1 aliphatic heterocycles. The number of carbonyl (C=O) groups is 1. The number of aromatic nitrogens is 1. The first-order valence-corrected chi connectivity index (χ1v) is 12.1. The molecule has 33 heavy (non-hydrogen) atoms. The van der Waals surface area contributed by atoms with Gasteiger partial charge in [-0.15, -0.1) is 0 Å². The number of hydrogen-bond acceptors (Lipinski definition) is 8. The van der Waals surface area contributed by atoms with Gasteiger partial charge in [-0.2, -0.15) is 0 Å². The second-order valence-electron chi connectivity index (χ2n) is 9.23.